The van der Waals surface area contributed by atoms with Crippen LogP contribution in [0.15, 0.2) is 122 Å². The molecule has 0 bridgehead atoms. The Labute approximate surface area is 507 Å². The Morgan fingerprint density at radius 3 is 0.744 bits per heavy atom. The normalized spacial score (nSPS) is 12.9. The van der Waals surface area contributed by atoms with E-state index in [1.54, 1.807) is 0 Å². The number of allylic oxidation sites excluding steroid dienone is 20. The summed E-state index contributed by atoms with van der Waals surface area (Å²) in [5.41, 5.74) is 0. The molecule has 0 saturated heterocycles. The largest absolute Gasteiger partial charge is 0.462 e. The summed E-state index contributed by atoms with van der Waals surface area (Å²) in [4.78, 5) is 38.1. The third kappa shape index (κ3) is 66.6. The molecule has 0 aliphatic carbocycles. The molecule has 6 nitrogen and oxygen atoms in total. The van der Waals surface area contributed by atoms with E-state index in [0.29, 0.717) is 19.3 Å². The first-order chi connectivity index (χ1) is 40.5. The molecule has 1 atom stereocenters. The van der Waals surface area contributed by atoms with Gasteiger partial charge < -0.3 is 14.2 Å². The highest BCUT2D eigenvalue weighted by atomic mass is 16.6. The van der Waals surface area contributed by atoms with Gasteiger partial charge >= 0.3 is 17.9 Å². The summed E-state index contributed by atoms with van der Waals surface area (Å²) in [6.45, 7) is 6.38. The second-order valence-corrected chi connectivity index (χ2v) is 22.7. The maximum Gasteiger partial charge on any atom is 0.306 e. The van der Waals surface area contributed by atoms with Crippen LogP contribution in [0.3, 0.4) is 0 Å². The van der Waals surface area contributed by atoms with Crippen molar-refractivity contribution in [1.82, 2.24) is 0 Å². The molecule has 0 N–H and O–H groups in total. The topological polar surface area (TPSA) is 78.9 Å². The molecule has 0 aromatic heterocycles. The molecule has 0 radical (unpaired) electrons. The summed E-state index contributed by atoms with van der Waals surface area (Å²) in [5.74, 6) is -0.880. The molecule has 6 heteroatoms. The Morgan fingerprint density at radius 1 is 0.256 bits per heavy atom. The Balaban J connectivity index is 4.05. The highest BCUT2D eigenvalue weighted by Crippen LogP contribution is 2.17. The van der Waals surface area contributed by atoms with E-state index >= 15 is 0 Å². The van der Waals surface area contributed by atoms with Gasteiger partial charge in [-0.25, -0.2) is 0 Å². The molecule has 0 fully saturated rings. The van der Waals surface area contributed by atoms with Crippen molar-refractivity contribution in [2.45, 2.75) is 329 Å². The predicted molar refractivity (Wildman–Crippen MR) is 357 cm³/mol. The van der Waals surface area contributed by atoms with Crippen LogP contribution in [0.4, 0.5) is 0 Å². The Bertz CT molecular complexity index is 1690. The maximum atomic E-state index is 12.9. The summed E-state index contributed by atoms with van der Waals surface area (Å²) < 4.78 is 16.8. The molecule has 0 aliphatic heterocycles. The number of hydrogen-bond donors (Lipinski definition) is 0. The third-order valence-electron chi connectivity index (χ3n) is 14.7. The minimum atomic E-state index is -0.778. The van der Waals surface area contributed by atoms with E-state index in [4.69, 9.17) is 14.2 Å². The Hall–Kier alpha value is -4.19. The molecule has 468 valence electrons. The van der Waals surface area contributed by atoms with Crippen molar-refractivity contribution in [2.24, 2.45) is 0 Å². The zero-order valence-electron chi connectivity index (χ0n) is 53.7. The monoisotopic (exact) mass is 1140 g/mol. The third-order valence-corrected chi connectivity index (χ3v) is 14.7. The van der Waals surface area contributed by atoms with Gasteiger partial charge in [0.15, 0.2) is 6.10 Å². The van der Waals surface area contributed by atoms with Gasteiger partial charge in [-0.2, -0.15) is 0 Å². The van der Waals surface area contributed by atoms with Crippen LogP contribution in [0, 0.1) is 0 Å². The predicted octanol–water partition coefficient (Wildman–Crippen LogP) is 23.9. The Kier molecular flexibility index (Phi) is 65.8. The first-order valence-electron chi connectivity index (χ1n) is 34.5. The van der Waals surface area contributed by atoms with Gasteiger partial charge in [0.05, 0.1) is 0 Å². The highest BCUT2D eigenvalue weighted by molar-refractivity contribution is 5.71. The summed E-state index contributed by atoms with van der Waals surface area (Å²) in [6.07, 6.45) is 96.9. The highest BCUT2D eigenvalue weighted by Gasteiger charge is 2.19. The van der Waals surface area contributed by atoms with Crippen molar-refractivity contribution in [2.75, 3.05) is 13.2 Å². The van der Waals surface area contributed by atoms with Crippen molar-refractivity contribution in [1.29, 1.82) is 0 Å². The lowest BCUT2D eigenvalue weighted by Gasteiger charge is -2.18. The molecule has 1 unspecified atom stereocenters. The van der Waals surface area contributed by atoms with E-state index in [0.717, 1.165) is 122 Å². The second kappa shape index (κ2) is 69.3. The van der Waals surface area contributed by atoms with Crippen LogP contribution in [0.5, 0.6) is 0 Å². The van der Waals surface area contributed by atoms with Crippen molar-refractivity contribution < 1.29 is 28.6 Å². The molecule has 0 aromatic rings. The number of unbranched alkanes of at least 4 members (excludes halogenated alkanes) is 31. The Morgan fingerprint density at radius 2 is 0.476 bits per heavy atom. The maximum absolute atomic E-state index is 12.9. The van der Waals surface area contributed by atoms with Gasteiger partial charge in [0.2, 0.25) is 0 Å². The lowest BCUT2D eigenvalue weighted by Crippen LogP contribution is -2.30. The smallest absolute Gasteiger partial charge is 0.306 e. The van der Waals surface area contributed by atoms with Gasteiger partial charge in [0, 0.05) is 19.3 Å². The fraction of sp³-hybridized carbons (Fsp3) is 0.697. The first-order valence-corrected chi connectivity index (χ1v) is 34.5. The van der Waals surface area contributed by atoms with Crippen LogP contribution < -0.4 is 0 Å². The zero-order chi connectivity index (χ0) is 59.2. The zero-order valence-corrected chi connectivity index (χ0v) is 53.7. The molecule has 0 aliphatic rings. The molecule has 0 amide bonds. The van der Waals surface area contributed by atoms with Gasteiger partial charge in [-0.3, -0.25) is 14.4 Å². The summed E-state index contributed by atoms with van der Waals surface area (Å²) in [5, 5.41) is 0. The summed E-state index contributed by atoms with van der Waals surface area (Å²) in [6, 6.07) is 0. The molecular weight excluding hydrogens is 1010 g/mol. The van der Waals surface area contributed by atoms with Crippen LogP contribution in [-0.2, 0) is 28.6 Å². The van der Waals surface area contributed by atoms with Gasteiger partial charge in [-0.15, -0.1) is 0 Å². The number of carbonyl (C=O) groups excluding carboxylic acids is 3. The number of esters is 3. The van der Waals surface area contributed by atoms with Crippen molar-refractivity contribution in [3.63, 3.8) is 0 Å². The molecule has 0 aromatic carbocycles. The molecule has 0 spiro atoms. The van der Waals surface area contributed by atoms with E-state index in [1.165, 1.54) is 161 Å². The van der Waals surface area contributed by atoms with E-state index in [2.05, 4.69) is 142 Å². The van der Waals surface area contributed by atoms with E-state index in [1.807, 2.05) is 0 Å². The second-order valence-electron chi connectivity index (χ2n) is 22.7. The van der Waals surface area contributed by atoms with Crippen LogP contribution in [0.1, 0.15) is 323 Å². The lowest BCUT2D eigenvalue weighted by molar-refractivity contribution is -0.167. The summed E-state index contributed by atoms with van der Waals surface area (Å²) >= 11 is 0. The average Bonchev–Trinajstić information content (AvgIpc) is 3.47. The van der Waals surface area contributed by atoms with Crippen LogP contribution >= 0.6 is 0 Å². The van der Waals surface area contributed by atoms with Gasteiger partial charge in [0.1, 0.15) is 13.2 Å². The number of hydrogen-bond acceptors (Lipinski definition) is 6. The standard InChI is InChI=1S/C76H128O6/c1-4-7-10-13-16-18-20-22-24-26-28-30-32-34-36-37-38-39-41-42-44-46-48-50-52-54-56-58-60-63-66-69-75(78)81-72-73(71-80-74(77)68-65-62-15-12-9-6-3)82-76(79)70-67-64-61-59-57-55-53-51-49-47-45-43-40-35-33-31-29-27-25-23-21-19-17-14-11-8-5-2/h7-8,10-11,16-19,22-25,28-31,34,36,38-39,73H,4-6,9,12-15,20-21,26-27,32-33,35,37,40-72H2,1-3H3/b10-7-,11-8-,18-16-,19-17-,24-22-,25-23-,30-28-,31-29-,36-34-,39-38-. The summed E-state index contributed by atoms with van der Waals surface area (Å²) in [7, 11) is 0. The van der Waals surface area contributed by atoms with Gasteiger partial charge in [0.25, 0.3) is 0 Å². The fourth-order valence-electron chi connectivity index (χ4n) is 9.62. The SMILES string of the molecule is CC/C=C\C/C=C\C/C=C\C/C=C\C/C=C\C/C=C\CCCCCCCCCCCCCCC(=O)OCC(COC(=O)CCCCCCCC)OC(=O)CCCCCCCCCCCCCCCC/C=C\C/C=C\C/C=C\C/C=C\CC. The first kappa shape index (κ1) is 77.8. The van der Waals surface area contributed by atoms with E-state index in [-0.39, 0.29) is 31.1 Å². The fourth-order valence-corrected chi connectivity index (χ4v) is 9.62. The number of carbonyl (C=O) groups is 3. The molecular formula is C76H128O6. The van der Waals surface area contributed by atoms with Crippen LogP contribution in [0.25, 0.3) is 0 Å². The lowest BCUT2D eigenvalue weighted by atomic mass is 10.0. The molecule has 0 heterocycles. The molecule has 0 rings (SSSR count). The van der Waals surface area contributed by atoms with Crippen LogP contribution in [0.2, 0.25) is 0 Å². The van der Waals surface area contributed by atoms with Gasteiger partial charge in [-0.1, -0.05) is 316 Å². The van der Waals surface area contributed by atoms with Gasteiger partial charge in [-0.05, 0) is 109 Å². The van der Waals surface area contributed by atoms with Crippen LogP contribution in [-0.4, -0.2) is 37.2 Å². The molecule has 0 saturated carbocycles. The number of ether oxygens (including phenoxy) is 3. The average molecular weight is 1140 g/mol. The van der Waals surface area contributed by atoms with E-state index in [9.17, 15) is 14.4 Å². The minimum Gasteiger partial charge on any atom is -0.462 e. The number of rotatable bonds is 62. The van der Waals surface area contributed by atoms with Crippen molar-refractivity contribution >= 4 is 17.9 Å². The molecule has 82 heavy (non-hydrogen) atoms. The van der Waals surface area contributed by atoms with E-state index < -0.39 is 6.10 Å². The quantitative estimate of drug-likeness (QED) is 0.0261. The minimum absolute atomic E-state index is 0.0774. The van der Waals surface area contributed by atoms with Crippen molar-refractivity contribution in [3.05, 3.63) is 122 Å². The van der Waals surface area contributed by atoms with Crippen molar-refractivity contribution in [3.8, 4) is 0 Å².